The summed E-state index contributed by atoms with van der Waals surface area (Å²) in [5.41, 5.74) is 2.49. The zero-order valence-corrected chi connectivity index (χ0v) is 17.3. The van der Waals surface area contributed by atoms with Crippen molar-refractivity contribution in [2.24, 2.45) is 0 Å². The number of ether oxygens (including phenoxy) is 3. The van der Waals surface area contributed by atoms with E-state index in [-0.39, 0.29) is 25.8 Å². The third-order valence-corrected chi connectivity index (χ3v) is 5.96. The Hall–Kier alpha value is -3.09. The van der Waals surface area contributed by atoms with E-state index in [0.717, 1.165) is 32.7 Å². The monoisotopic (exact) mass is 437 g/mol. The molecule has 0 amide bonds. The first-order valence-electron chi connectivity index (χ1n) is 9.33. The minimum absolute atomic E-state index is 0.123. The lowest BCUT2D eigenvalue weighted by Gasteiger charge is -2.08. The lowest BCUT2D eigenvalue weighted by atomic mass is 10.0. The van der Waals surface area contributed by atoms with Gasteiger partial charge in [-0.2, -0.15) is 0 Å². The Kier molecular flexibility index (Phi) is 5.02. The molecule has 0 fully saturated rings. The van der Waals surface area contributed by atoms with Gasteiger partial charge in [0.25, 0.3) is 0 Å². The molecule has 150 valence electrons. The van der Waals surface area contributed by atoms with Crippen LogP contribution in [-0.4, -0.2) is 17.7 Å². The molecule has 0 saturated heterocycles. The zero-order valence-electron chi connectivity index (χ0n) is 15.8. The second-order valence-electron chi connectivity index (χ2n) is 6.84. The van der Waals surface area contributed by atoms with Crippen LogP contribution in [-0.2, 0) is 22.6 Å². The molecule has 0 radical (unpaired) electrons. The highest BCUT2D eigenvalue weighted by atomic mass is 35.5. The summed E-state index contributed by atoms with van der Waals surface area (Å²) in [7, 11) is 0. The molecule has 0 unspecified atom stereocenters. The molecule has 1 aromatic heterocycles. The van der Waals surface area contributed by atoms with E-state index >= 15 is 0 Å². The molecule has 4 aromatic rings. The molecule has 3 aromatic carbocycles. The van der Waals surface area contributed by atoms with Gasteiger partial charge in [0, 0.05) is 16.0 Å². The van der Waals surface area contributed by atoms with Gasteiger partial charge >= 0.3 is 5.97 Å². The van der Waals surface area contributed by atoms with Gasteiger partial charge < -0.3 is 14.2 Å². The first-order valence-corrected chi connectivity index (χ1v) is 10.6. The number of hydrogen-bond donors (Lipinski definition) is 0. The van der Waals surface area contributed by atoms with E-state index in [9.17, 15) is 4.79 Å². The van der Waals surface area contributed by atoms with Gasteiger partial charge in [-0.3, -0.25) is 4.79 Å². The Morgan fingerprint density at radius 2 is 1.97 bits per heavy atom. The lowest BCUT2D eigenvalue weighted by molar-refractivity contribution is -0.144. The van der Waals surface area contributed by atoms with Crippen molar-refractivity contribution in [3.05, 3.63) is 76.3 Å². The van der Waals surface area contributed by atoms with Crippen molar-refractivity contribution < 1.29 is 19.0 Å². The number of fused-ring (bicyclic) bond motifs is 2. The molecule has 7 heteroatoms. The van der Waals surface area contributed by atoms with Crippen LogP contribution in [0.2, 0.25) is 5.02 Å². The van der Waals surface area contributed by atoms with E-state index in [2.05, 4.69) is 4.98 Å². The van der Waals surface area contributed by atoms with Crippen LogP contribution < -0.4 is 9.47 Å². The average Bonchev–Trinajstić information content (AvgIpc) is 3.41. The normalized spacial score (nSPS) is 12.3. The van der Waals surface area contributed by atoms with E-state index in [0.29, 0.717) is 16.5 Å². The molecule has 0 bridgehead atoms. The Morgan fingerprint density at radius 1 is 1.10 bits per heavy atom. The van der Waals surface area contributed by atoms with Crippen LogP contribution in [0.25, 0.3) is 21.3 Å². The molecule has 1 aliphatic heterocycles. The van der Waals surface area contributed by atoms with Gasteiger partial charge in [-0.1, -0.05) is 35.9 Å². The number of aromatic nitrogens is 1. The minimum Gasteiger partial charge on any atom is -0.459 e. The number of carbonyl (C=O) groups is 1. The summed E-state index contributed by atoms with van der Waals surface area (Å²) < 4.78 is 16.2. The number of hydrogen-bond acceptors (Lipinski definition) is 6. The lowest BCUT2D eigenvalue weighted by Crippen LogP contribution is -2.08. The quantitative estimate of drug-likeness (QED) is 0.378. The predicted octanol–water partition coefficient (Wildman–Crippen LogP) is 5.63. The Balaban J connectivity index is 1.26. The highest BCUT2D eigenvalue weighted by Gasteiger charge is 2.16. The number of nitrogens with zero attached hydrogens (tertiary/aromatic N) is 1. The van der Waals surface area contributed by atoms with Gasteiger partial charge in [-0.25, -0.2) is 4.98 Å². The molecule has 30 heavy (non-hydrogen) atoms. The summed E-state index contributed by atoms with van der Waals surface area (Å²) in [6, 6.07) is 17.3. The van der Waals surface area contributed by atoms with Crippen molar-refractivity contribution in [1.29, 1.82) is 0 Å². The number of esters is 1. The molecule has 1 aliphatic rings. The summed E-state index contributed by atoms with van der Waals surface area (Å²) in [4.78, 5) is 17.0. The molecular formula is C23H16ClNO4S. The highest BCUT2D eigenvalue weighted by molar-refractivity contribution is 7.13. The van der Waals surface area contributed by atoms with Gasteiger partial charge in [0.15, 0.2) is 11.5 Å². The Morgan fingerprint density at radius 3 is 2.90 bits per heavy atom. The summed E-state index contributed by atoms with van der Waals surface area (Å²) in [6.45, 7) is 0.359. The van der Waals surface area contributed by atoms with Crippen molar-refractivity contribution in [3.8, 4) is 22.1 Å². The average molecular weight is 438 g/mol. The number of carbonyl (C=O) groups excluding carboxylic acids is 1. The smallest absolute Gasteiger partial charge is 0.310 e. The summed E-state index contributed by atoms with van der Waals surface area (Å²) in [5.74, 6) is 1.13. The summed E-state index contributed by atoms with van der Waals surface area (Å²) in [5, 5.41) is 5.32. The van der Waals surface area contributed by atoms with E-state index < -0.39 is 0 Å². The topological polar surface area (TPSA) is 57.7 Å². The number of halogens is 1. The summed E-state index contributed by atoms with van der Waals surface area (Å²) in [6.07, 6.45) is 0.153. The van der Waals surface area contributed by atoms with Gasteiger partial charge in [0.05, 0.1) is 12.1 Å². The number of benzene rings is 3. The van der Waals surface area contributed by atoms with E-state index in [4.69, 9.17) is 25.8 Å². The van der Waals surface area contributed by atoms with Crippen LogP contribution in [0.5, 0.6) is 11.5 Å². The van der Waals surface area contributed by atoms with Gasteiger partial charge in [-0.15, -0.1) is 11.3 Å². The van der Waals surface area contributed by atoms with E-state index in [1.54, 1.807) is 0 Å². The maximum atomic E-state index is 12.4. The van der Waals surface area contributed by atoms with E-state index in [1.165, 1.54) is 11.3 Å². The van der Waals surface area contributed by atoms with Crippen LogP contribution in [0.3, 0.4) is 0 Å². The molecular weight excluding hydrogens is 422 g/mol. The molecule has 0 spiro atoms. The third-order valence-electron chi connectivity index (χ3n) is 4.80. The van der Waals surface area contributed by atoms with Crippen molar-refractivity contribution in [2.75, 3.05) is 6.79 Å². The standard InChI is InChI=1S/C23H16ClNO4S/c24-17-7-14-3-1-2-4-19(14)16(8-17)10-22(26)27-11-18-12-30-23(25-18)15-5-6-20-21(9-15)29-13-28-20/h1-9,12H,10-11,13H2. The predicted molar refractivity (Wildman–Crippen MR) is 116 cm³/mol. The van der Waals surface area contributed by atoms with Crippen LogP contribution >= 0.6 is 22.9 Å². The van der Waals surface area contributed by atoms with Crippen molar-refractivity contribution in [2.45, 2.75) is 13.0 Å². The molecule has 2 heterocycles. The Labute approximate surface area is 181 Å². The second kappa shape index (κ2) is 7.97. The molecule has 0 aliphatic carbocycles. The molecule has 0 atom stereocenters. The second-order valence-corrected chi connectivity index (χ2v) is 8.13. The Bertz CT molecular complexity index is 1250. The highest BCUT2D eigenvalue weighted by Crippen LogP contribution is 2.36. The van der Waals surface area contributed by atoms with Crippen LogP contribution in [0.15, 0.2) is 60.0 Å². The molecule has 5 rings (SSSR count). The minimum atomic E-state index is -0.319. The largest absolute Gasteiger partial charge is 0.459 e. The molecule has 5 nitrogen and oxygen atoms in total. The fourth-order valence-electron chi connectivity index (χ4n) is 3.39. The van der Waals surface area contributed by atoms with Crippen molar-refractivity contribution in [1.82, 2.24) is 4.98 Å². The van der Waals surface area contributed by atoms with Crippen molar-refractivity contribution >= 4 is 39.7 Å². The first kappa shape index (κ1) is 18.9. The van der Waals surface area contributed by atoms with Crippen molar-refractivity contribution in [3.63, 3.8) is 0 Å². The maximum Gasteiger partial charge on any atom is 0.310 e. The fourth-order valence-corrected chi connectivity index (χ4v) is 4.44. The third kappa shape index (κ3) is 3.84. The fraction of sp³-hybridized carbons (Fsp3) is 0.130. The number of thiazole rings is 1. The van der Waals surface area contributed by atoms with Crippen LogP contribution in [0.1, 0.15) is 11.3 Å². The summed E-state index contributed by atoms with van der Waals surface area (Å²) >= 11 is 7.69. The van der Waals surface area contributed by atoms with Gasteiger partial charge in [0.1, 0.15) is 11.6 Å². The van der Waals surface area contributed by atoms with Crippen LogP contribution in [0.4, 0.5) is 0 Å². The first-order chi connectivity index (χ1) is 14.7. The van der Waals surface area contributed by atoms with E-state index in [1.807, 2.05) is 60.0 Å². The number of rotatable bonds is 5. The molecule has 0 N–H and O–H groups in total. The van der Waals surface area contributed by atoms with Gasteiger partial charge in [-0.05, 0) is 46.7 Å². The zero-order chi connectivity index (χ0) is 20.5. The maximum absolute atomic E-state index is 12.4. The SMILES string of the molecule is O=C(Cc1cc(Cl)cc2ccccc12)OCc1csc(-c2ccc3c(c2)OCO3)n1. The van der Waals surface area contributed by atoms with Gasteiger partial charge in [0.2, 0.25) is 6.79 Å². The van der Waals surface area contributed by atoms with Crippen LogP contribution in [0, 0.1) is 0 Å². The molecule has 0 saturated carbocycles.